The molecule has 8 nitrogen and oxygen atoms in total. The average molecular weight is 522 g/mol. The number of aryl methyl sites for hydroxylation is 1. The number of nitrogens with one attached hydrogen (secondary N) is 2. The zero-order valence-electron chi connectivity index (χ0n) is 18.5. The Balaban J connectivity index is 1.58. The van der Waals surface area contributed by atoms with E-state index in [0.29, 0.717) is 34.9 Å². The van der Waals surface area contributed by atoms with Crippen LogP contribution in [0.1, 0.15) is 30.1 Å². The maximum Gasteiger partial charge on any atom is 0.325 e. The van der Waals surface area contributed by atoms with E-state index in [2.05, 4.69) is 15.6 Å². The van der Waals surface area contributed by atoms with E-state index < -0.39 is 21.8 Å². The number of carboxylic acid groups (broad SMARTS) is 1. The van der Waals surface area contributed by atoms with E-state index in [1.807, 2.05) is 6.07 Å². The van der Waals surface area contributed by atoms with Gasteiger partial charge in [-0.3, -0.25) is 9.59 Å². The molecule has 0 aliphatic rings. The number of amides is 1. The van der Waals surface area contributed by atoms with Gasteiger partial charge in [0.05, 0.1) is 20.5 Å². The number of thiazole rings is 1. The SMILES string of the molecule is Cc1nc(NC(=O)CCCN[C@@H](C(=O)O)c2ccccc2)sc1-c1ccc(Cl)c(S(C)(=O)=O)c1. The molecule has 3 rings (SSSR count). The van der Waals surface area contributed by atoms with E-state index in [0.717, 1.165) is 11.1 Å². The minimum atomic E-state index is -3.49. The topological polar surface area (TPSA) is 125 Å². The van der Waals surface area contributed by atoms with Gasteiger partial charge in [0.1, 0.15) is 6.04 Å². The van der Waals surface area contributed by atoms with Gasteiger partial charge in [-0.2, -0.15) is 0 Å². The summed E-state index contributed by atoms with van der Waals surface area (Å²) in [6.45, 7) is 2.12. The van der Waals surface area contributed by atoms with Crippen LogP contribution in [0.2, 0.25) is 5.02 Å². The molecule has 0 fully saturated rings. The number of benzene rings is 2. The van der Waals surface area contributed by atoms with Crippen LogP contribution in [0, 0.1) is 6.92 Å². The molecule has 11 heteroatoms. The predicted octanol–water partition coefficient (Wildman–Crippen LogP) is 4.31. The van der Waals surface area contributed by atoms with Crippen LogP contribution in [0.5, 0.6) is 0 Å². The Morgan fingerprint density at radius 3 is 2.53 bits per heavy atom. The Hall–Kier alpha value is -2.79. The van der Waals surface area contributed by atoms with Gasteiger partial charge < -0.3 is 15.7 Å². The second-order valence-electron chi connectivity index (χ2n) is 7.64. The number of aromatic nitrogens is 1. The Kier molecular flexibility index (Phi) is 8.42. The summed E-state index contributed by atoms with van der Waals surface area (Å²) >= 11 is 7.27. The van der Waals surface area contributed by atoms with E-state index in [4.69, 9.17) is 11.6 Å². The lowest BCUT2D eigenvalue weighted by Gasteiger charge is -2.14. The summed E-state index contributed by atoms with van der Waals surface area (Å²) in [5.41, 5.74) is 1.94. The molecule has 0 saturated heterocycles. The summed E-state index contributed by atoms with van der Waals surface area (Å²) in [5, 5.41) is 15.7. The van der Waals surface area contributed by atoms with E-state index in [1.54, 1.807) is 37.3 Å². The van der Waals surface area contributed by atoms with Crippen LogP contribution < -0.4 is 10.6 Å². The van der Waals surface area contributed by atoms with Gasteiger partial charge in [0, 0.05) is 12.7 Å². The van der Waals surface area contributed by atoms with Crippen molar-refractivity contribution in [1.82, 2.24) is 10.3 Å². The molecule has 34 heavy (non-hydrogen) atoms. The van der Waals surface area contributed by atoms with Crippen molar-refractivity contribution in [3.8, 4) is 10.4 Å². The van der Waals surface area contributed by atoms with Gasteiger partial charge in [-0.1, -0.05) is 59.3 Å². The van der Waals surface area contributed by atoms with Crippen LogP contribution in [0.15, 0.2) is 53.4 Å². The monoisotopic (exact) mass is 521 g/mol. The summed E-state index contributed by atoms with van der Waals surface area (Å²) in [4.78, 5) is 29.0. The summed E-state index contributed by atoms with van der Waals surface area (Å²) in [6.07, 6.45) is 1.71. The molecule has 0 aliphatic carbocycles. The smallest absolute Gasteiger partial charge is 0.325 e. The largest absolute Gasteiger partial charge is 0.480 e. The number of carbonyl (C=O) groups is 2. The molecule has 3 N–H and O–H groups in total. The van der Waals surface area contributed by atoms with Crippen molar-refractivity contribution in [3.63, 3.8) is 0 Å². The van der Waals surface area contributed by atoms with Crippen LogP contribution >= 0.6 is 22.9 Å². The number of carboxylic acids is 1. The highest BCUT2D eigenvalue weighted by atomic mass is 35.5. The number of hydrogen-bond acceptors (Lipinski definition) is 7. The number of aliphatic carboxylic acids is 1. The zero-order chi connectivity index (χ0) is 24.9. The molecule has 1 heterocycles. The molecule has 0 unspecified atom stereocenters. The first-order chi connectivity index (χ1) is 16.1. The van der Waals surface area contributed by atoms with Crippen molar-refractivity contribution in [1.29, 1.82) is 0 Å². The predicted molar refractivity (Wildman–Crippen MR) is 133 cm³/mol. The number of nitrogens with zero attached hydrogens (tertiary/aromatic N) is 1. The molecule has 0 bridgehead atoms. The van der Waals surface area contributed by atoms with Gasteiger partial charge in [-0.25, -0.2) is 13.4 Å². The molecule has 0 aliphatic heterocycles. The van der Waals surface area contributed by atoms with Gasteiger partial charge in [0.15, 0.2) is 15.0 Å². The first-order valence-corrected chi connectivity index (χ1v) is 13.4. The zero-order valence-corrected chi connectivity index (χ0v) is 20.9. The van der Waals surface area contributed by atoms with E-state index >= 15 is 0 Å². The maximum absolute atomic E-state index is 12.4. The van der Waals surface area contributed by atoms with Crippen LogP contribution in [0.3, 0.4) is 0 Å². The van der Waals surface area contributed by atoms with Crippen LogP contribution in [0.25, 0.3) is 10.4 Å². The van der Waals surface area contributed by atoms with Crippen molar-refractivity contribution < 1.29 is 23.1 Å². The van der Waals surface area contributed by atoms with Gasteiger partial charge >= 0.3 is 5.97 Å². The lowest BCUT2D eigenvalue weighted by atomic mass is 10.1. The standard InChI is InChI=1S/C23H24ClN3O5S2/c1-14-21(16-10-11-17(24)18(13-16)34(2,31)32)33-23(26-14)27-19(28)9-6-12-25-20(22(29)30)15-7-4-3-5-8-15/h3-5,7-8,10-11,13,20,25H,6,9,12H2,1-2H3,(H,29,30)(H,26,27,28)/t20-/m1/s1. The summed E-state index contributed by atoms with van der Waals surface area (Å²) < 4.78 is 23.9. The van der Waals surface area contributed by atoms with Crippen molar-refractivity contribution in [2.24, 2.45) is 0 Å². The van der Waals surface area contributed by atoms with Gasteiger partial charge in [0.2, 0.25) is 5.91 Å². The molecule has 180 valence electrons. The fraction of sp³-hybridized carbons (Fsp3) is 0.261. The fourth-order valence-electron chi connectivity index (χ4n) is 3.32. The van der Waals surface area contributed by atoms with Crippen molar-refractivity contribution in [3.05, 3.63) is 64.8 Å². The molecule has 1 amide bonds. The molecular weight excluding hydrogens is 498 g/mol. The third-order valence-corrected chi connectivity index (χ3v) is 7.65. The molecule has 3 aromatic rings. The van der Waals surface area contributed by atoms with E-state index in [-0.39, 0.29) is 22.2 Å². The van der Waals surface area contributed by atoms with Crippen molar-refractivity contribution in [2.45, 2.75) is 30.7 Å². The van der Waals surface area contributed by atoms with Crippen LogP contribution in [0.4, 0.5) is 5.13 Å². The molecule has 2 aromatic carbocycles. The number of rotatable bonds is 10. The van der Waals surface area contributed by atoms with Crippen molar-refractivity contribution in [2.75, 3.05) is 18.1 Å². The highest BCUT2D eigenvalue weighted by molar-refractivity contribution is 7.90. The first kappa shape index (κ1) is 25.8. The number of hydrogen-bond donors (Lipinski definition) is 3. The maximum atomic E-state index is 12.4. The first-order valence-electron chi connectivity index (χ1n) is 10.3. The lowest BCUT2D eigenvalue weighted by molar-refractivity contribution is -0.139. The third-order valence-electron chi connectivity index (χ3n) is 4.94. The Labute approximate surface area is 206 Å². The Morgan fingerprint density at radius 1 is 1.18 bits per heavy atom. The average Bonchev–Trinajstić information content (AvgIpc) is 3.13. The minimum Gasteiger partial charge on any atom is -0.480 e. The number of anilines is 1. The molecule has 1 atom stereocenters. The van der Waals surface area contributed by atoms with Gasteiger partial charge in [-0.15, -0.1) is 0 Å². The van der Waals surface area contributed by atoms with Gasteiger partial charge in [0.25, 0.3) is 0 Å². The summed E-state index contributed by atoms with van der Waals surface area (Å²) in [5.74, 6) is -1.23. The molecule has 0 spiro atoms. The molecule has 1 aromatic heterocycles. The van der Waals surface area contributed by atoms with Crippen LogP contribution in [-0.4, -0.2) is 43.2 Å². The molecule has 0 radical (unpaired) electrons. The minimum absolute atomic E-state index is 0.0349. The van der Waals surface area contributed by atoms with E-state index in [9.17, 15) is 23.1 Å². The quantitative estimate of drug-likeness (QED) is 0.339. The molecular formula is C23H24ClN3O5S2. The summed E-state index contributed by atoms with van der Waals surface area (Å²) in [7, 11) is -3.49. The van der Waals surface area contributed by atoms with Gasteiger partial charge in [-0.05, 0) is 43.1 Å². The highest BCUT2D eigenvalue weighted by Crippen LogP contribution is 2.35. The Bertz CT molecular complexity index is 1290. The number of sulfone groups is 1. The highest BCUT2D eigenvalue weighted by Gasteiger charge is 2.19. The number of carbonyl (C=O) groups excluding carboxylic acids is 1. The second kappa shape index (κ2) is 11.1. The second-order valence-corrected chi connectivity index (χ2v) is 11.0. The molecule has 0 saturated carbocycles. The van der Waals surface area contributed by atoms with Crippen molar-refractivity contribution >= 4 is 49.8 Å². The fourth-order valence-corrected chi connectivity index (χ4v) is 5.60. The number of halogens is 1. The lowest BCUT2D eigenvalue weighted by Crippen LogP contribution is -2.29. The van der Waals surface area contributed by atoms with E-state index in [1.165, 1.54) is 23.5 Å². The third kappa shape index (κ3) is 6.63. The van der Waals surface area contributed by atoms with Crippen LogP contribution in [-0.2, 0) is 19.4 Å². The summed E-state index contributed by atoms with van der Waals surface area (Å²) in [6, 6.07) is 12.7. The Morgan fingerprint density at radius 2 is 1.88 bits per heavy atom. The normalized spacial score (nSPS) is 12.3.